The molecule has 0 aromatic carbocycles. The highest BCUT2D eigenvalue weighted by atomic mass is 32.1. The van der Waals surface area contributed by atoms with E-state index in [1.54, 1.807) is 17.7 Å². The van der Waals surface area contributed by atoms with Gasteiger partial charge in [-0.15, -0.1) is 0 Å². The third-order valence-corrected chi connectivity index (χ3v) is 4.87. The smallest absolute Gasteiger partial charge is 0.0926 e. The molecule has 1 atom stereocenters. The zero-order valence-electron chi connectivity index (χ0n) is 11.8. The Kier molecular flexibility index (Phi) is 3.12. The molecule has 0 radical (unpaired) electrons. The topological polar surface area (TPSA) is 60.6 Å². The van der Waals surface area contributed by atoms with Crippen LogP contribution < -0.4 is 0 Å². The van der Waals surface area contributed by atoms with E-state index in [4.69, 9.17) is 0 Å². The Labute approximate surface area is 127 Å². The van der Waals surface area contributed by atoms with Crippen LogP contribution in [0, 0.1) is 6.92 Å². The first-order valence-electron chi connectivity index (χ1n) is 7.10. The molecule has 0 unspecified atom stereocenters. The molecule has 6 heteroatoms. The standard InChI is InChI=1S/C15H17N5S/c1-10-13(18-8-16-10)6-20-4-2-12-14(19-9-17-12)15(20)11-3-5-21-7-11/h3,5,7-9,15H,2,4,6H2,1H3,(H,16,18)(H,17,19)/t15-/m0/s1. The van der Waals surface area contributed by atoms with Crippen molar-refractivity contribution in [1.29, 1.82) is 0 Å². The zero-order valence-corrected chi connectivity index (χ0v) is 12.7. The van der Waals surface area contributed by atoms with Crippen molar-refractivity contribution in [3.8, 4) is 0 Å². The minimum Gasteiger partial charge on any atom is -0.348 e. The molecule has 0 saturated heterocycles. The van der Waals surface area contributed by atoms with Gasteiger partial charge >= 0.3 is 0 Å². The fraction of sp³-hybridized carbons (Fsp3) is 0.333. The van der Waals surface area contributed by atoms with Crippen LogP contribution in [0.1, 0.15) is 34.4 Å². The summed E-state index contributed by atoms with van der Waals surface area (Å²) in [6.45, 7) is 3.94. The van der Waals surface area contributed by atoms with Crippen molar-refractivity contribution in [3.05, 3.63) is 57.8 Å². The molecular formula is C15H17N5S. The highest BCUT2D eigenvalue weighted by Crippen LogP contribution is 2.35. The number of fused-ring (bicyclic) bond motifs is 1. The molecule has 3 aromatic rings. The van der Waals surface area contributed by atoms with Gasteiger partial charge in [-0.1, -0.05) is 0 Å². The monoisotopic (exact) mass is 299 g/mol. The summed E-state index contributed by atoms with van der Waals surface area (Å²) < 4.78 is 0. The maximum atomic E-state index is 4.58. The molecule has 0 amide bonds. The molecule has 4 heterocycles. The predicted molar refractivity (Wildman–Crippen MR) is 82.2 cm³/mol. The average molecular weight is 299 g/mol. The van der Waals surface area contributed by atoms with Crippen LogP contribution in [0.2, 0.25) is 0 Å². The quantitative estimate of drug-likeness (QED) is 0.781. The van der Waals surface area contributed by atoms with Crippen molar-refractivity contribution in [1.82, 2.24) is 24.8 Å². The number of nitrogens with zero attached hydrogens (tertiary/aromatic N) is 3. The molecule has 0 saturated carbocycles. The fourth-order valence-corrected chi connectivity index (χ4v) is 3.71. The van der Waals surface area contributed by atoms with Crippen LogP contribution in [-0.4, -0.2) is 31.4 Å². The summed E-state index contributed by atoms with van der Waals surface area (Å²) in [5, 5.41) is 4.35. The van der Waals surface area contributed by atoms with E-state index in [1.807, 2.05) is 6.33 Å². The van der Waals surface area contributed by atoms with E-state index in [1.165, 1.54) is 11.3 Å². The molecule has 0 fully saturated rings. The molecule has 1 aliphatic rings. The van der Waals surface area contributed by atoms with Gasteiger partial charge in [0, 0.05) is 30.9 Å². The second-order valence-electron chi connectivity index (χ2n) is 5.42. The van der Waals surface area contributed by atoms with Crippen molar-refractivity contribution in [2.75, 3.05) is 6.54 Å². The fourth-order valence-electron chi connectivity index (χ4n) is 3.03. The largest absolute Gasteiger partial charge is 0.348 e. The molecular weight excluding hydrogens is 282 g/mol. The van der Waals surface area contributed by atoms with E-state index in [9.17, 15) is 0 Å². The predicted octanol–water partition coefficient (Wildman–Crippen LogP) is 2.65. The Morgan fingerprint density at radius 3 is 3.00 bits per heavy atom. The number of aromatic nitrogens is 4. The highest BCUT2D eigenvalue weighted by molar-refractivity contribution is 7.08. The summed E-state index contributed by atoms with van der Waals surface area (Å²) >= 11 is 1.74. The van der Waals surface area contributed by atoms with Gasteiger partial charge in [-0.3, -0.25) is 4.90 Å². The van der Waals surface area contributed by atoms with Crippen molar-refractivity contribution in [3.63, 3.8) is 0 Å². The van der Waals surface area contributed by atoms with Gasteiger partial charge in [-0.05, 0) is 29.3 Å². The number of aryl methyl sites for hydroxylation is 1. The lowest BCUT2D eigenvalue weighted by atomic mass is 9.97. The van der Waals surface area contributed by atoms with Crippen LogP contribution in [0.15, 0.2) is 29.5 Å². The molecule has 0 spiro atoms. The number of rotatable bonds is 3. The minimum atomic E-state index is 0.224. The van der Waals surface area contributed by atoms with Crippen molar-refractivity contribution >= 4 is 11.3 Å². The molecule has 3 aromatic heterocycles. The van der Waals surface area contributed by atoms with Crippen molar-refractivity contribution < 1.29 is 0 Å². The number of H-pyrrole nitrogens is 2. The summed E-state index contributed by atoms with van der Waals surface area (Å²) in [7, 11) is 0. The first-order chi connectivity index (χ1) is 10.3. The maximum absolute atomic E-state index is 4.58. The first kappa shape index (κ1) is 12.8. The number of thiophene rings is 1. The van der Waals surface area contributed by atoms with Crippen LogP contribution >= 0.6 is 11.3 Å². The van der Waals surface area contributed by atoms with Gasteiger partial charge in [0.15, 0.2) is 0 Å². The van der Waals surface area contributed by atoms with Gasteiger partial charge in [0.05, 0.1) is 30.1 Å². The summed E-state index contributed by atoms with van der Waals surface area (Å²) in [6.07, 6.45) is 4.60. The lowest BCUT2D eigenvalue weighted by Crippen LogP contribution is -2.35. The lowest BCUT2D eigenvalue weighted by Gasteiger charge is -2.34. The molecule has 2 N–H and O–H groups in total. The first-order valence-corrected chi connectivity index (χ1v) is 8.04. The highest BCUT2D eigenvalue weighted by Gasteiger charge is 2.31. The van der Waals surface area contributed by atoms with Crippen LogP contribution in [-0.2, 0) is 13.0 Å². The third kappa shape index (κ3) is 2.20. The molecule has 5 nitrogen and oxygen atoms in total. The van der Waals surface area contributed by atoms with Gasteiger partial charge in [0.1, 0.15) is 0 Å². The lowest BCUT2D eigenvalue weighted by molar-refractivity contribution is 0.198. The van der Waals surface area contributed by atoms with E-state index < -0.39 is 0 Å². The third-order valence-electron chi connectivity index (χ3n) is 4.17. The van der Waals surface area contributed by atoms with Gasteiger partial charge in [0.25, 0.3) is 0 Å². The Morgan fingerprint density at radius 2 is 2.24 bits per heavy atom. The Balaban J connectivity index is 1.71. The normalized spacial score (nSPS) is 18.8. The second kappa shape index (κ2) is 5.13. The molecule has 21 heavy (non-hydrogen) atoms. The zero-order chi connectivity index (χ0) is 14.2. The summed E-state index contributed by atoms with van der Waals surface area (Å²) in [5.41, 5.74) is 6.01. The van der Waals surface area contributed by atoms with Crippen molar-refractivity contribution in [2.24, 2.45) is 0 Å². The Bertz CT molecular complexity index is 727. The van der Waals surface area contributed by atoms with E-state index in [0.29, 0.717) is 0 Å². The Morgan fingerprint density at radius 1 is 1.33 bits per heavy atom. The SMILES string of the molecule is Cc1[nH]cnc1CN1CCc2[nH]cnc2[C@@H]1c1ccsc1. The van der Waals surface area contributed by atoms with Crippen LogP contribution in [0.5, 0.6) is 0 Å². The maximum Gasteiger partial charge on any atom is 0.0926 e. The number of aromatic amines is 2. The number of nitrogens with one attached hydrogen (secondary N) is 2. The van der Waals surface area contributed by atoms with Crippen LogP contribution in [0.3, 0.4) is 0 Å². The number of imidazole rings is 2. The second-order valence-corrected chi connectivity index (χ2v) is 6.20. The van der Waals surface area contributed by atoms with Crippen LogP contribution in [0.4, 0.5) is 0 Å². The van der Waals surface area contributed by atoms with Gasteiger partial charge < -0.3 is 9.97 Å². The van der Waals surface area contributed by atoms with E-state index in [-0.39, 0.29) is 6.04 Å². The van der Waals surface area contributed by atoms with E-state index >= 15 is 0 Å². The van der Waals surface area contributed by atoms with Crippen molar-refractivity contribution in [2.45, 2.75) is 25.9 Å². The minimum absolute atomic E-state index is 0.224. The van der Waals surface area contributed by atoms with Crippen LogP contribution in [0.25, 0.3) is 0 Å². The molecule has 1 aliphatic heterocycles. The Hall–Kier alpha value is -1.92. The van der Waals surface area contributed by atoms with Gasteiger partial charge in [-0.25, -0.2) is 9.97 Å². The molecule has 4 rings (SSSR count). The van der Waals surface area contributed by atoms with E-state index in [2.05, 4.69) is 48.6 Å². The molecule has 0 bridgehead atoms. The summed E-state index contributed by atoms with van der Waals surface area (Å²) in [4.78, 5) is 17.9. The molecule has 0 aliphatic carbocycles. The summed E-state index contributed by atoms with van der Waals surface area (Å²) in [6, 6.07) is 2.42. The van der Waals surface area contributed by atoms with E-state index in [0.717, 1.165) is 36.6 Å². The average Bonchev–Trinajstić information content (AvgIpc) is 3.21. The van der Waals surface area contributed by atoms with Gasteiger partial charge in [0.2, 0.25) is 0 Å². The molecule has 108 valence electrons. The number of hydrogen-bond acceptors (Lipinski definition) is 4. The van der Waals surface area contributed by atoms with Gasteiger partial charge in [-0.2, -0.15) is 11.3 Å². The number of hydrogen-bond donors (Lipinski definition) is 2. The summed E-state index contributed by atoms with van der Waals surface area (Å²) in [5.74, 6) is 0.